The molecule has 11 aromatic rings. The topological polar surface area (TPSA) is 17.3 Å². The third-order valence-corrected chi connectivity index (χ3v) is 11.0. The van der Waals surface area contributed by atoms with Crippen LogP contribution in [0.25, 0.3) is 102 Å². The summed E-state index contributed by atoms with van der Waals surface area (Å²) in [6.07, 6.45) is 0. The zero-order valence-electron chi connectivity index (χ0n) is 24.7. The Morgan fingerprint density at radius 1 is 0.435 bits per heavy atom. The number of hydrogen-bond acceptors (Lipinski definition) is 2. The fourth-order valence-electron chi connectivity index (χ4n) is 7.99. The van der Waals surface area contributed by atoms with Gasteiger partial charge in [0.05, 0.1) is 27.8 Å². The van der Waals surface area contributed by atoms with Crippen molar-refractivity contribution in [3.8, 4) is 22.4 Å². The normalized spacial score (nSPS) is 12.3. The molecule has 0 atom stereocenters. The van der Waals surface area contributed by atoms with Crippen LogP contribution in [-0.4, -0.2) is 9.38 Å². The van der Waals surface area contributed by atoms with E-state index in [2.05, 4.69) is 150 Å². The van der Waals surface area contributed by atoms with Gasteiger partial charge in [0, 0.05) is 69.0 Å². The maximum Gasteiger partial charge on any atom is 0.0794 e. The van der Waals surface area contributed by atoms with Crippen LogP contribution >= 0.6 is 11.3 Å². The summed E-state index contributed by atoms with van der Waals surface area (Å²) >= 11 is 1.87. The first-order valence-corrected chi connectivity index (χ1v) is 16.5. The molecule has 3 heteroatoms. The number of fused-ring (bicyclic) bond motifs is 13. The molecule has 0 radical (unpaired) electrons. The summed E-state index contributed by atoms with van der Waals surface area (Å²) in [4.78, 5) is 5.56. The predicted octanol–water partition coefficient (Wildman–Crippen LogP) is 12.2. The molecule has 212 valence electrons. The van der Waals surface area contributed by atoms with Crippen LogP contribution in [0.3, 0.4) is 0 Å². The number of pyridine rings is 1. The second kappa shape index (κ2) is 8.91. The summed E-state index contributed by atoms with van der Waals surface area (Å²) in [6, 6.07) is 53.2. The molecule has 4 heterocycles. The first kappa shape index (κ1) is 24.5. The Bertz CT molecular complexity index is 2940. The Balaban J connectivity index is 1.33. The number of hydrogen-bond donors (Lipinski definition) is 0. The number of para-hydroxylation sites is 3. The van der Waals surface area contributed by atoms with Gasteiger partial charge in [0.2, 0.25) is 0 Å². The highest BCUT2D eigenvalue weighted by molar-refractivity contribution is 7.26. The summed E-state index contributed by atoms with van der Waals surface area (Å²) in [5.41, 5.74) is 9.35. The molecule has 7 aromatic carbocycles. The van der Waals surface area contributed by atoms with Gasteiger partial charge in [-0.25, -0.2) is 4.98 Å². The SMILES string of the molecule is c1ccc(-c2nc3c(-c4cc5c6ccccc6n6c7ccccc7c(c4)c56)cccc3c3c2ccc2sc4ccccc4c23)cc1. The van der Waals surface area contributed by atoms with Gasteiger partial charge in [-0.3, -0.25) is 0 Å². The Morgan fingerprint density at radius 3 is 1.85 bits per heavy atom. The van der Waals surface area contributed by atoms with Crippen molar-refractivity contribution < 1.29 is 0 Å². The molecule has 0 spiro atoms. The third kappa shape index (κ3) is 3.12. The molecule has 0 aliphatic heterocycles. The van der Waals surface area contributed by atoms with E-state index in [0.717, 1.165) is 22.3 Å². The molecule has 4 aromatic heterocycles. The van der Waals surface area contributed by atoms with Crippen LogP contribution in [0.4, 0.5) is 0 Å². The van der Waals surface area contributed by atoms with E-state index in [1.165, 1.54) is 80.0 Å². The van der Waals surface area contributed by atoms with Gasteiger partial charge in [-0.1, -0.05) is 109 Å². The lowest BCUT2D eigenvalue weighted by molar-refractivity contribution is 1.37. The van der Waals surface area contributed by atoms with Crippen LogP contribution in [0.1, 0.15) is 0 Å². The van der Waals surface area contributed by atoms with Gasteiger partial charge in [0.15, 0.2) is 0 Å². The standard InChI is InChI=1S/C43H24N2S/c1-2-11-25(12-3-1)41-32-21-22-38-40(30-15-6-9-20-37(30)46-38)39(32)31-17-10-16-27(42(31)44-41)26-23-33-28-13-4-7-18-35(28)45-36-19-8-5-14-29(36)34(24-26)43(33)45/h1-24H. The van der Waals surface area contributed by atoms with Crippen LogP contribution in [0.15, 0.2) is 146 Å². The lowest BCUT2D eigenvalue weighted by atomic mass is 9.92. The molecule has 0 bridgehead atoms. The molecule has 0 aliphatic rings. The number of nitrogens with zero attached hydrogens (tertiary/aromatic N) is 2. The molecule has 0 amide bonds. The lowest BCUT2D eigenvalue weighted by Crippen LogP contribution is -1.93. The first-order chi connectivity index (χ1) is 22.8. The van der Waals surface area contributed by atoms with Crippen molar-refractivity contribution in [2.45, 2.75) is 0 Å². The summed E-state index contributed by atoms with van der Waals surface area (Å²) in [6.45, 7) is 0. The van der Waals surface area contributed by atoms with Gasteiger partial charge in [-0.2, -0.15) is 0 Å². The second-order valence-corrected chi connectivity index (χ2v) is 13.4. The Morgan fingerprint density at radius 2 is 1.09 bits per heavy atom. The van der Waals surface area contributed by atoms with E-state index in [-0.39, 0.29) is 0 Å². The van der Waals surface area contributed by atoms with E-state index in [1.54, 1.807) is 0 Å². The monoisotopic (exact) mass is 600 g/mol. The number of thiophene rings is 1. The van der Waals surface area contributed by atoms with E-state index in [1.807, 2.05) is 11.3 Å². The Labute approximate surface area is 267 Å². The molecular weight excluding hydrogens is 577 g/mol. The minimum Gasteiger partial charge on any atom is -0.308 e. The minimum atomic E-state index is 1.03. The van der Waals surface area contributed by atoms with Crippen molar-refractivity contribution in [2.24, 2.45) is 0 Å². The van der Waals surface area contributed by atoms with Crippen molar-refractivity contribution in [3.05, 3.63) is 146 Å². The van der Waals surface area contributed by atoms with Gasteiger partial charge in [-0.05, 0) is 42.0 Å². The Kier molecular flexibility index (Phi) is 4.75. The van der Waals surface area contributed by atoms with Crippen LogP contribution < -0.4 is 0 Å². The van der Waals surface area contributed by atoms with Crippen LogP contribution in [0.2, 0.25) is 0 Å². The summed E-state index contributed by atoms with van der Waals surface area (Å²) in [5, 5.41) is 11.4. The highest BCUT2D eigenvalue weighted by Crippen LogP contribution is 2.46. The van der Waals surface area contributed by atoms with Gasteiger partial charge in [0.1, 0.15) is 0 Å². The van der Waals surface area contributed by atoms with Crippen molar-refractivity contribution in [3.63, 3.8) is 0 Å². The highest BCUT2D eigenvalue weighted by Gasteiger charge is 2.21. The molecule has 0 fully saturated rings. The van der Waals surface area contributed by atoms with E-state index >= 15 is 0 Å². The largest absolute Gasteiger partial charge is 0.308 e. The molecule has 0 saturated carbocycles. The number of benzene rings is 7. The van der Waals surface area contributed by atoms with Crippen molar-refractivity contribution in [1.82, 2.24) is 9.38 Å². The third-order valence-electron chi connectivity index (χ3n) is 9.89. The van der Waals surface area contributed by atoms with Crippen molar-refractivity contribution in [2.75, 3.05) is 0 Å². The number of aromatic nitrogens is 2. The van der Waals surface area contributed by atoms with Crippen molar-refractivity contribution >= 4 is 91.3 Å². The van der Waals surface area contributed by atoms with E-state index in [4.69, 9.17) is 4.98 Å². The number of rotatable bonds is 2. The zero-order chi connectivity index (χ0) is 29.9. The molecule has 0 N–H and O–H groups in total. The first-order valence-electron chi connectivity index (χ1n) is 15.7. The van der Waals surface area contributed by atoms with Crippen molar-refractivity contribution in [1.29, 1.82) is 0 Å². The predicted molar refractivity (Wildman–Crippen MR) is 198 cm³/mol. The van der Waals surface area contributed by atoms with Gasteiger partial charge in [0.25, 0.3) is 0 Å². The van der Waals surface area contributed by atoms with Crippen LogP contribution in [0.5, 0.6) is 0 Å². The molecule has 0 saturated heterocycles. The highest BCUT2D eigenvalue weighted by atomic mass is 32.1. The zero-order valence-corrected chi connectivity index (χ0v) is 25.5. The van der Waals surface area contributed by atoms with Gasteiger partial charge < -0.3 is 4.40 Å². The second-order valence-electron chi connectivity index (χ2n) is 12.3. The minimum absolute atomic E-state index is 1.03. The van der Waals surface area contributed by atoms with Gasteiger partial charge >= 0.3 is 0 Å². The fraction of sp³-hybridized carbons (Fsp3) is 0. The smallest absolute Gasteiger partial charge is 0.0794 e. The van der Waals surface area contributed by atoms with E-state index in [9.17, 15) is 0 Å². The van der Waals surface area contributed by atoms with E-state index in [0.29, 0.717) is 0 Å². The Hall–Kier alpha value is -5.77. The van der Waals surface area contributed by atoms with E-state index < -0.39 is 0 Å². The molecule has 2 nitrogen and oxygen atoms in total. The summed E-state index contributed by atoms with van der Waals surface area (Å²) in [7, 11) is 0. The molecular formula is C43H24N2S. The molecule has 46 heavy (non-hydrogen) atoms. The fourth-order valence-corrected chi connectivity index (χ4v) is 9.10. The lowest BCUT2D eigenvalue weighted by Gasteiger charge is -2.15. The maximum absolute atomic E-state index is 5.56. The average Bonchev–Trinajstić information content (AvgIpc) is 3.78. The molecule has 0 aliphatic carbocycles. The van der Waals surface area contributed by atoms with Crippen LogP contribution in [-0.2, 0) is 0 Å². The van der Waals surface area contributed by atoms with Crippen LogP contribution in [0, 0.1) is 0 Å². The maximum atomic E-state index is 5.56. The molecule has 11 rings (SSSR count). The van der Waals surface area contributed by atoms with Gasteiger partial charge in [-0.15, -0.1) is 11.3 Å². The summed E-state index contributed by atoms with van der Waals surface area (Å²) < 4.78 is 5.07. The average molecular weight is 601 g/mol. The summed E-state index contributed by atoms with van der Waals surface area (Å²) in [5.74, 6) is 0. The quantitative estimate of drug-likeness (QED) is 0.180. The molecule has 0 unspecified atom stereocenters.